The highest BCUT2D eigenvalue weighted by molar-refractivity contribution is 5.46. The molecule has 1 aromatic carbocycles. The van der Waals surface area contributed by atoms with Crippen molar-refractivity contribution in [3.63, 3.8) is 0 Å². The van der Waals surface area contributed by atoms with E-state index in [0.717, 1.165) is 35.7 Å². The standard InChI is InChI=1S/C18H25NO2/c1-20-12-6-7-15(17(9-12)21-2)18(19)10-11-8-16(18)14-5-3-4-13(11)14/h6-7,9,11,13-14,16H,3-5,8,10,19H2,1-2H3. The number of benzene rings is 1. The summed E-state index contributed by atoms with van der Waals surface area (Å²) in [5.74, 6) is 4.99. The molecule has 0 heterocycles. The molecule has 4 rings (SSSR count). The van der Waals surface area contributed by atoms with Crippen LogP contribution in [0, 0.1) is 23.7 Å². The third kappa shape index (κ3) is 1.76. The van der Waals surface area contributed by atoms with Crippen LogP contribution in [-0.2, 0) is 5.54 Å². The Kier molecular flexibility index (Phi) is 2.97. The average molecular weight is 287 g/mol. The molecule has 0 radical (unpaired) electrons. The molecule has 2 bridgehead atoms. The van der Waals surface area contributed by atoms with Crippen LogP contribution >= 0.6 is 0 Å². The molecular weight excluding hydrogens is 262 g/mol. The Hall–Kier alpha value is -1.22. The smallest absolute Gasteiger partial charge is 0.127 e. The molecular formula is C18H25NO2. The summed E-state index contributed by atoms with van der Waals surface area (Å²) in [4.78, 5) is 0. The third-order valence-corrected chi connectivity index (χ3v) is 6.48. The Morgan fingerprint density at radius 3 is 2.71 bits per heavy atom. The van der Waals surface area contributed by atoms with E-state index in [4.69, 9.17) is 15.2 Å². The van der Waals surface area contributed by atoms with E-state index in [9.17, 15) is 0 Å². The second-order valence-electron chi connectivity index (χ2n) is 7.17. The predicted molar refractivity (Wildman–Crippen MR) is 82.5 cm³/mol. The molecule has 0 aliphatic heterocycles. The monoisotopic (exact) mass is 287 g/mol. The highest BCUT2D eigenvalue weighted by Gasteiger charge is 2.60. The van der Waals surface area contributed by atoms with Crippen molar-refractivity contribution >= 4 is 0 Å². The van der Waals surface area contributed by atoms with Crippen LogP contribution in [0.5, 0.6) is 11.5 Å². The zero-order valence-electron chi connectivity index (χ0n) is 13.0. The molecule has 0 spiro atoms. The van der Waals surface area contributed by atoms with Crippen molar-refractivity contribution in [2.45, 2.75) is 37.6 Å². The highest BCUT2D eigenvalue weighted by Crippen LogP contribution is 2.65. The lowest BCUT2D eigenvalue weighted by molar-refractivity contribution is 0.153. The molecule has 3 heteroatoms. The molecule has 2 N–H and O–H groups in total. The fourth-order valence-electron chi connectivity index (χ4n) is 5.68. The van der Waals surface area contributed by atoms with Gasteiger partial charge in [0, 0.05) is 17.2 Å². The van der Waals surface area contributed by atoms with Gasteiger partial charge in [-0.3, -0.25) is 0 Å². The summed E-state index contributed by atoms with van der Waals surface area (Å²) in [6.07, 6.45) is 6.66. The Morgan fingerprint density at radius 2 is 1.95 bits per heavy atom. The molecule has 0 amide bonds. The Morgan fingerprint density at radius 1 is 1.14 bits per heavy atom. The van der Waals surface area contributed by atoms with Crippen molar-refractivity contribution < 1.29 is 9.47 Å². The van der Waals surface area contributed by atoms with Crippen LogP contribution in [0.2, 0.25) is 0 Å². The summed E-state index contributed by atoms with van der Waals surface area (Å²) in [6.45, 7) is 0. The number of methoxy groups -OCH3 is 2. The first kappa shape index (κ1) is 13.4. The van der Waals surface area contributed by atoms with Gasteiger partial charge in [-0.15, -0.1) is 0 Å². The third-order valence-electron chi connectivity index (χ3n) is 6.48. The molecule has 0 aromatic heterocycles. The van der Waals surface area contributed by atoms with E-state index in [2.05, 4.69) is 6.07 Å². The molecule has 0 saturated heterocycles. The van der Waals surface area contributed by atoms with Gasteiger partial charge in [0.05, 0.1) is 14.2 Å². The van der Waals surface area contributed by atoms with Gasteiger partial charge in [0.2, 0.25) is 0 Å². The minimum Gasteiger partial charge on any atom is -0.497 e. The van der Waals surface area contributed by atoms with Gasteiger partial charge in [0.15, 0.2) is 0 Å². The molecule has 5 atom stereocenters. The number of hydrogen-bond donors (Lipinski definition) is 1. The first-order chi connectivity index (χ1) is 10.2. The van der Waals surface area contributed by atoms with Crippen LogP contribution < -0.4 is 15.2 Å². The molecule has 3 nitrogen and oxygen atoms in total. The Balaban J connectivity index is 1.73. The summed E-state index contributed by atoms with van der Waals surface area (Å²) < 4.78 is 10.9. The summed E-state index contributed by atoms with van der Waals surface area (Å²) in [7, 11) is 3.42. The van der Waals surface area contributed by atoms with Crippen LogP contribution in [0.25, 0.3) is 0 Å². The molecule has 114 valence electrons. The minimum absolute atomic E-state index is 0.201. The highest BCUT2D eigenvalue weighted by atomic mass is 16.5. The molecule has 3 saturated carbocycles. The SMILES string of the molecule is COc1ccc(C2(N)CC3CC2C2CCCC32)c(OC)c1. The number of ether oxygens (including phenoxy) is 2. The first-order valence-electron chi connectivity index (χ1n) is 8.18. The second-order valence-corrected chi connectivity index (χ2v) is 7.17. The first-order valence-corrected chi connectivity index (χ1v) is 8.18. The fraction of sp³-hybridized carbons (Fsp3) is 0.667. The van der Waals surface area contributed by atoms with Crippen molar-refractivity contribution in [1.82, 2.24) is 0 Å². The summed E-state index contributed by atoms with van der Waals surface area (Å²) in [5.41, 5.74) is 7.95. The lowest BCUT2D eigenvalue weighted by Gasteiger charge is -2.41. The van der Waals surface area contributed by atoms with Crippen LogP contribution in [0.3, 0.4) is 0 Å². The second kappa shape index (κ2) is 4.64. The van der Waals surface area contributed by atoms with Crippen molar-refractivity contribution in [2.75, 3.05) is 14.2 Å². The number of rotatable bonds is 3. The van der Waals surface area contributed by atoms with E-state index in [1.165, 1.54) is 31.2 Å². The molecule has 3 aliphatic rings. The van der Waals surface area contributed by atoms with E-state index >= 15 is 0 Å². The summed E-state index contributed by atoms with van der Waals surface area (Å²) in [5, 5.41) is 0. The van der Waals surface area contributed by atoms with E-state index in [0.29, 0.717) is 5.92 Å². The maximum Gasteiger partial charge on any atom is 0.127 e. The van der Waals surface area contributed by atoms with Crippen LogP contribution in [0.4, 0.5) is 0 Å². The number of hydrogen-bond acceptors (Lipinski definition) is 3. The van der Waals surface area contributed by atoms with E-state index in [1.54, 1.807) is 14.2 Å². The predicted octanol–water partition coefficient (Wildman–Crippen LogP) is 3.31. The molecule has 5 unspecified atom stereocenters. The van der Waals surface area contributed by atoms with Crippen LogP contribution in [-0.4, -0.2) is 14.2 Å². The molecule has 3 fully saturated rings. The average Bonchev–Trinajstić information content (AvgIpc) is 3.18. The summed E-state index contributed by atoms with van der Waals surface area (Å²) in [6, 6.07) is 6.12. The molecule has 3 aliphatic carbocycles. The minimum atomic E-state index is -0.201. The zero-order chi connectivity index (χ0) is 14.6. The topological polar surface area (TPSA) is 44.5 Å². The summed E-state index contributed by atoms with van der Waals surface area (Å²) >= 11 is 0. The number of nitrogens with two attached hydrogens (primary N) is 1. The largest absolute Gasteiger partial charge is 0.497 e. The zero-order valence-corrected chi connectivity index (χ0v) is 13.0. The van der Waals surface area contributed by atoms with E-state index < -0.39 is 0 Å². The van der Waals surface area contributed by atoms with Crippen LogP contribution in [0.1, 0.15) is 37.7 Å². The lowest BCUT2D eigenvalue weighted by Crippen LogP contribution is -2.46. The Bertz CT molecular complexity index is 558. The van der Waals surface area contributed by atoms with Gasteiger partial charge < -0.3 is 15.2 Å². The van der Waals surface area contributed by atoms with Gasteiger partial charge in [-0.2, -0.15) is 0 Å². The maximum absolute atomic E-state index is 6.97. The van der Waals surface area contributed by atoms with Crippen LogP contribution in [0.15, 0.2) is 18.2 Å². The Labute approximate surface area is 126 Å². The van der Waals surface area contributed by atoms with E-state index in [1.807, 2.05) is 12.1 Å². The van der Waals surface area contributed by atoms with Crippen molar-refractivity contribution in [1.29, 1.82) is 0 Å². The van der Waals surface area contributed by atoms with Gasteiger partial charge in [-0.1, -0.05) is 6.42 Å². The van der Waals surface area contributed by atoms with Gasteiger partial charge in [-0.25, -0.2) is 0 Å². The van der Waals surface area contributed by atoms with Gasteiger partial charge in [-0.05, 0) is 61.5 Å². The lowest BCUT2D eigenvalue weighted by atomic mass is 9.68. The molecule has 21 heavy (non-hydrogen) atoms. The van der Waals surface area contributed by atoms with Crippen molar-refractivity contribution in [2.24, 2.45) is 29.4 Å². The van der Waals surface area contributed by atoms with Gasteiger partial charge in [0.1, 0.15) is 11.5 Å². The number of fused-ring (bicyclic) bond motifs is 5. The quantitative estimate of drug-likeness (QED) is 0.927. The van der Waals surface area contributed by atoms with Gasteiger partial charge >= 0.3 is 0 Å². The van der Waals surface area contributed by atoms with Gasteiger partial charge in [0.25, 0.3) is 0 Å². The van der Waals surface area contributed by atoms with E-state index in [-0.39, 0.29) is 5.54 Å². The molecule has 1 aromatic rings. The van der Waals surface area contributed by atoms with Crippen molar-refractivity contribution in [3.8, 4) is 11.5 Å². The van der Waals surface area contributed by atoms with Crippen molar-refractivity contribution in [3.05, 3.63) is 23.8 Å². The maximum atomic E-state index is 6.97. The fourth-order valence-corrected chi connectivity index (χ4v) is 5.68. The normalized spacial score (nSPS) is 40.3.